The summed E-state index contributed by atoms with van der Waals surface area (Å²) in [6.07, 6.45) is 3.10. The second kappa shape index (κ2) is 7.50. The quantitative estimate of drug-likeness (QED) is 0.628. The highest BCUT2D eigenvalue weighted by atomic mass is 35.5. The predicted octanol–water partition coefficient (Wildman–Crippen LogP) is 4.55. The molecule has 2 aromatic rings. The lowest BCUT2D eigenvalue weighted by molar-refractivity contribution is 0.104. The van der Waals surface area contributed by atoms with Gasteiger partial charge in [-0.15, -0.1) is 0 Å². The summed E-state index contributed by atoms with van der Waals surface area (Å²) in [7, 11) is 0. The highest BCUT2D eigenvalue weighted by Crippen LogP contribution is 2.17. The third-order valence-corrected chi connectivity index (χ3v) is 3.01. The number of hydrogen-bond acceptors (Lipinski definition) is 3. The molecule has 2 rings (SSSR count). The summed E-state index contributed by atoms with van der Waals surface area (Å²) < 4.78 is 5.41. The summed E-state index contributed by atoms with van der Waals surface area (Å²) in [5.74, 6) is 0.708. The molecule has 0 unspecified atom stereocenters. The Bertz CT molecular complexity index is 635. The van der Waals surface area contributed by atoms with Crippen LogP contribution in [0.25, 0.3) is 0 Å². The molecule has 0 spiro atoms. The maximum absolute atomic E-state index is 11.9. The normalized spacial score (nSPS) is 10.6. The first-order valence-electron chi connectivity index (χ1n) is 6.65. The fraction of sp³-hybridized carbons (Fsp3) is 0.118. The zero-order valence-electron chi connectivity index (χ0n) is 11.7. The molecule has 0 aliphatic rings. The lowest BCUT2D eigenvalue weighted by atomic mass is 10.1. The van der Waals surface area contributed by atoms with Gasteiger partial charge in [0.1, 0.15) is 5.75 Å². The van der Waals surface area contributed by atoms with Gasteiger partial charge in [-0.1, -0.05) is 17.7 Å². The number of hydrogen-bond donors (Lipinski definition) is 1. The van der Waals surface area contributed by atoms with E-state index in [1.807, 2.05) is 31.2 Å². The molecule has 2 aromatic carbocycles. The Morgan fingerprint density at radius 2 is 2.00 bits per heavy atom. The molecule has 0 saturated carbocycles. The number of anilines is 1. The summed E-state index contributed by atoms with van der Waals surface area (Å²) >= 11 is 5.79. The molecule has 0 fully saturated rings. The molecular weight excluding hydrogens is 286 g/mol. The van der Waals surface area contributed by atoms with Crippen LogP contribution in [0.2, 0.25) is 5.02 Å². The Hall–Kier alpha value is -2.26. The minimum Gasteiger partial charge on any atom is -0.494 e. The molecule has 0 amide bonds. The number of benzene rings is 2. The largest absolute Gasteiger partial charge is 0.494 e. The first-order valence-corrected chi connectivity index (χ1v) is 7.02. The number of allylic oxidation sites excluding steroid dienone is 1. The van der Waals surface area contributed by atoms with Crippen LogP contribution in [0.1, 0.15) is 17.3 Å². The van der Waals surface area contributed by atoms with Crippen molar-refractivity contribution in [2.45, 2.75) is 6.92 Å². The lowest BCUT2D eigenvalue weighted by Gasteiger charge is -2.05. The Labute approximate surface area is 129 Å². The van der Waals surface area contributed by atoms with E-state index >= 15 is 0 Å². The van der Waals surface area contributed by atoms with Crippen LogP contribution in [0.5, 0.6) is 5.75 Å². The first kappa shape index (κ1) is 15.1. The molecule has 1 N–H and O–H groups in total. The summed E-state index contributed by atoms with van der Waals surface area (Å²) in [4.78, 5) is 11.9. The third kappa shape index (κ3) is 4.65. The topological polar surface area (TPSA) is 38.3 Å². The molecule has 4 heteroatoms. The molecule has 0 aromatic heterocycles. The minimum absolute atomic E-state index is 0.0832. The molecule has 0 heterocycles. The van der Waals surface area contributed by atoms with Crippen molar-refractivity contribution in [2.24, 2.45) is 0 Å². The highest BCUT2D eigenvalue weighted by molar-refractivity contribution is 6.30. The summed E-state index contributed by atoms with van der Waals surface area (Å²) in [6.45, 7) is 2.55. The van der Waals surface area contributed by atoms with Crippen LogP contribution in [0, 0.1) is 0 Å². The van der Waals surface area contributed by atoms with Gasteiger partial charge in [0.15, 0.2) is 5.78 Å². The van der Waals surface area contributed by atoms with Crippen molar-refractivity contribution in [1.82, 2.24) is 0 Å². The van der Waals surface area contributed by atoms with Crippen molar-refractivity contribution in [3.8, 4) is 5.75 Å². The van der Waals surface area contributed by atoms with E-state index in [-0.39, 0.29) is 5.78 Å². The predicted molar refractivity (Wildman–Crippen MR) is 86.2 cm³/mol. The van der Waals surface area contributed by atoms with Crippen molar-refractivity contribution >= 4 is 23.1 Å². The number of carbonyl (C=O) groups excluding carboxylic acids is 1. The van der Waals surface area contributed by atoms with Crippen LogP contribution in [0.15, 0.2) is 60.8 Å². The second-order valence-electron chi connectivity index (χ2n) is 4.31. The van der Waals surface area contributed by atoms with Gasteiger partial charge in [-0.05, 0) is 43.3 Å². The average molecular weight is 302 g/mol. The fourth-order valence-electron chi connectivity index (χ4n) is 1.77. The van der Waals surface area contributed by atoms with Gasteiger partial charge in [0.05, 0.1) is 6.61 Å². The van der Waals surface area contributed by atoms with Crippen molar-refractivity contribution < 1.29 is 9.53 Å². The summed E-state index contributed by atoms with van der Waals surface area (Å²) in [5.41, 5.74) is 1.46. The molecule has 0 aliphatic carbocycles. The standard InChI is InChI=1S/C17H16ClNO2/c1-2-21-16-5-3-4-15(12-16)19-11-10-17(20)13-6-8-14(18)9-7-13/h3-12,19H,2H2,1H3. The van der Waals surface area contributed by atoms with Gasteiger partial charge in [0.25, 0.3) is 0 Å². The van der Waals surface area contributed by atoms with Gasteiger partial charge >= 0.3 is 0 Å². The zero-order valence-corrected chi connectivity index (χ0v) is 12.4. The maximum Gasteiger partial charge on any atom is 0.187 e. The van der Waals surface area contributed by atoms with E-state index in [1.165, 1.54) is 6.08 Å². The molecule has 0 atom stereocenters. The molecule has 21 heavy (non-hydrogen) atoms. The fourth-order valence-corrected chi connectivity index (χ4v) is 1.89. The van der Waals surface area contributed by atoms with Gasteiger partial charge < -0.3 is 10.1 Å². The van der Waals surface area contributed by atoms with E-state index in [9.17, 15) is 4.79 Å². The molecule has 3 nitrogen and oxygen atoms in total. The van der Waals surface area contributed by atoms with Gasteiger partial charge in [-0.2, -0.15) is 0 Å². The summed E-state index contributed by atoms with van der Waals surface area (Å²) in [6, 6.07) is 14.3. The van der Waals surface area contributed by atoms with Gasteiger partial charge in [-0.3, -0.25) is 4.79 Å². The number of rotatable bonds is 6. The van der Waals surface area contributed by atoms with Crippen LogP contribution in [-0.2, 0) is 0 Å². The number of ketones is 1. The highest BCUT2D eigenvalue weighted by Gasteiger charge is 2.00. The van der Waals surface area contributed by atoms with Crippen molar-refractivity contribution in [3.63, 3.8) is 0 Å². The third-order valence-electron chi connectivity index (χ3n) is 2.76. The van der Waals surface area contributed by atoms with Crippen molar-refractivity contribution in [3.05, 3.63) is 71.4 Å². The first-order chi connectivity index (χ1) is 10.2. The van der Waals surface area contributed by atoms with E-state index in [4.69, 9.17) is 16.3 Å². The van der Waals surface area contributed by atoms with E-state index in [2.05, 4.69) is 5.32 Å². The van der Waals surface area contributed by atoms with Gasteiger partial charge in [0.2, 0.25) is 0 Å². The number of halogens is 1. The Kier molecular flexibility index (Phi) is 5.41. The maximum atomic E-state index is 11.9. The van der Waals surface area contributed by atoms with Crippen LogP contribution in [0.3, 0.4) is 0 Å². The molecular formula is C17H16ClNO2. The Morgan fingerprint density at radius 3 is 2.71 bits per heavy atom. The van der Waals surface area contributed by atoms with Gasteiger partial charge in [0, 0.05) is 34.6 Å². The average Bonchev–Trinajstić information content (AvgIpc) is 2.48. The van der Waals surface area contributed by atoms with Crippen LogP contribution in [0.4, 0.5) is 5.69 Å². The summed E-state index contributed by atoms with van der Waals surface area (Å²) in [5, 5.41) is 3.66. The lowest BCUT2D eigenvalue weighted by Crippen LogP contribution is -1.96. The minimum atomic E-state index is -0.0832. The molecule has 0 radical (unpaired) electrons. The molecule has 0 aliphatic heterocycles. The van der Waals surface area contributed by atoms with Crippen molar-refractivity contribution in [2.75, 3.05) is 11.9 Å². The number of nitrogens with one attached hydrogen (secondary N) is 1. The Morgan fingerprint density at radius 1 is 1.24 bits per heavy atom. The van der Waals surface area contributed by atoms with E-state index in [0.717, 1.165) is 11.4 Å². The SMILES string of the molecule is CCOc1cccc(NC=CC(=O)c2ccc(Cl)cc2)c1. The zero-order chi connectivity index (χ0) is 15.1. The van der Waals surface area contributed by atoms with E-state index in [0.29, 0.717) is 17.2 Å². The van der Waals surface area contributed by atoms with Crippen molar-refractivity contribution in [1.29, 1.82) is 0 Å². The van der Waals surface area contributed by atoms with Crippen LogP contribution in [-0.4, -0.2) is 12.4 Å². The number of ether oxygens (including phenoxy) is 1. The monoisotopic (exact) mass is 301 g/mol. The van der Waals surface area contributed by atoms with E-state index in [1.54, 1.807) is 30.5 Å². The molecule has 0 bridgehead atoms. The van der Waals surface area contributed by atoms with Crippen LogP contribution >= 0.6 is 11.6 Å². The van der Waals surface area contributed by atoms with Crippen LogP contribution < -0.4 is 10.1 Å². The second-order valence-corrected chi connectivity index (χ2v) is 4.75. The smallest absolute Gasteiger partial charge is 0.187 e. The molecule has 0 saturated heterocycles. The van der Waals surface area contributed by atoms with Gasteiger partial charge in [-0.25, -0.2) is 0 Å². The number of carbonyl (C=O) groups is 1. The Balaban J connectivity index is 1.97. The molecule has 108 valence electrons. The van der Waals surface area contributed by atoms with E-state index < -0.39 is 0 Å².